The van der Waals surface area contributed by atoms with Gasteiger partial charge in [0.15, 0.2) is 0 Å². The highest BCUT2D eigenvalue weighted by Crippen LogP contribution is 2.35. The van der Waals surface area contributed by atoms with Gasteiger partial charge < -0.3 is 14.9 Å². The summed E-state index contributed by atoms with van der Waals surface area (Å²) >= 11 is 0. The van der Waals surface area contributed by atoms with E-state index in [-0.39, 0.29) is 12.6 Å². The molecule has 0 bridgehead atoms. The molecule has 2 saturated heterocycles. The van der Waals surface area contributed by atoms with Crippen molar-refractivity contribution in [1.29, 1.82) is 5.26 Å². The number of carbonyl (C=O) groups excluding carboxylic acids is 1. The van der Waals surface area contributed by atoms with E-state index in [1.165, 1.54) is 6.20 Å². The fourth-order valence-corrected chi connectivity index (χ4v) is 5.25. The largest absolute Gasteiger partial charge is 0.457 e. The van der Waals surface area contributed by atoms with Gasteiger partial charge in [-0.15, -0.1) is 0 Å². The van der Waals surface area contributed by atoms with Crippen LogP contribution in [0.3, 0.4) is 0 Å². The zero-order valence-corrected chi connectivity index (χ0v) is 17.9. The second-order valence-electron chi connectivity index (χ2n) is 9.00. The van der Waals surface area contributed by atoms with Gasteiger partial charge in [-0.2, -0.15) is 5.26 Å². The first-order chi connectivity index (χ1) is 15.4. The Labute approximate surface area is 186 Å². The molecule has 3 aliphatic rings. The van der Waals surface area contributed by atoms with Gasteiger partial charge >= 0.3 is 5.97 Å². The van der Waals surface area contributed by atoms with Gasteiger partial charge in [0.2, 0.25) is 0 Å². The van der Waals surface area contributed by atoms with Crippen LogP contribution in [0.15, 0.2) is 30.5 Å². The van der Waals surface area contributed by atoms with Crippen LogP contribution in [0.4, 0.5) is 0 Å². The molecule has 3 aliphatic heterocycles. The van der Waals surface area contributed by atoms with Crippen LogP contribution in [0.5, 0.6) is 0 Å². The quantitative estimate of drug-likeness (QED) is 0.655. The van der Waals surface area contributed by atoms with E-state index in [2.05, 4.69) is 14.8 Å². The molecule has 4 atom stereocenters. The monoisotopic (exact) mass is 434 g/mol. The van der Waals surface area contributed by atoms with Crippen molar-refractivity contribution in [3.8, 4) is 6.07 Å². The van der Waals surface area contributed by atoms with E-state index >= 15 is 0 Å². The Morgan fingerprint density at radius 1 is 1.19 bits per heavy atom. The molecule has 2 aromatic rings. The molecule has 0 saturated carbocycles. The third kappa shape index (κ3) is 3.67. The summed E-state index contributed by atoms with van der Waals surface area (Å²) in [6.45, 7) is 5.95. The second kappa shape index (κ2) is 8.26. The minimum absolute atomic E-state index is 0.278. The number of hydrogen-bond acceptors (Lipinski definition) is 8. The van der Waals surface area contributed by atoms with Crippen molar-refractivity contribution in [3.63, 3.8) is 0 Å². The second-order valence-corrected chi connectivity index (χ2v) is 9.00. The van der Waals surface area contributed by atoms with Gasteiger partial charge in [-0.25, -0.2) is 4.79 Å². The number of fused-ring (bicyclic) bond motifs is 2. The van der Waals surface area contributed by atoms with E-state index < -0.39 is 12.2 Å². The maximum absolute atomic E-state index is 11.8. The number of aliphatic hydroxyl groups is 2. The molecule has 1 aromatic carbocycles. The molecule has 166 valence electrons. The number of aromatic nitrogens is 1. The summed E-state index contributed by atoms with van der Waals surface area (Å²) in [5.74, 6) is 0.245. The number of cyclic esters (lactones) is 1. The molecule has 0 radical (unpaired) electrons. The number of ether oxygens (including phenoxy) is 1. The average Bonchev–Trinajstić information content (AvgIpc) is 3.32. The average molecular weight is 434 g/mol. The number of esters is 1. The molecule has 4 heterocycles. The van der Waals surface area contributed by atoms with Crippen molar-refractivity contribution in [1.82, 2.24) is 14.8 Å². The molecular formula is C24H26N4O4. The van der Waals surface area contributed by atoms with E-state index in [0.717, 1.165) is 36.3 Å². The lowest BCUT2D eigenvalue weighted by atomic mass is 9.91. The lowest BCUT2D eigenvalue weighted by Crippen LogP contribution is -2.56. The van der Waals surface area contributed by atoms with Crippen molar-refractivity contribution in [2.24, 2.45) is 5.92 Å². The highest BCUT2D eigenvalue weighted by Gasteiger charge is 2.46. The Hall–Kier alpha value is -2.83. The number of hydrogen-bond donors (Lipinski definition) is 2. The van der Waals surface area contributed by atoms with Crippen molar-refractivity contribution in [2.75, 3.05) is 32.7 Å². The van der Waals surface area contributed by atoms with E-state index in [1.807, 2.05) is 19.1 Å². The van der Waals surface area contributed by atoms with Crippen molar-refractivity contribution >= 4 is 5.97 Å². The molecule has 0 amide bonds. The summed E-state index contributed by atoms with van der Waals surface area (Å²) in [6.07, 6.45) is 0.164. The zero-order valence-electron chi connectivity index (χ0n) is 17.9. The first-order valence-electron chi connectivity index (χ1n) is 10.9. The summed E-state index contributed by atoms with van der Waals surface area (Å²) in [7, 11) is 0. The predicted octanol–water partition coefficient (Wildman–Crippen LogP) is 1.32. The first kappa shape index (κ1) is 21.0. The molecule has 1 aromatic heterocycles. The number of likely N-dealkylation sites (tertiary alicyclic amines) is 2. The predicted molar refractivity (Wildman–Crippen MR) is 114 cm³/mol. The summed E-state index contributed by atoms with van der Waals surface area (Å²) < 4.78 is 5.12. The van der Waals surface area contributed by atoms with E-state index in [1.54, 1.807) is 18.2 Å². The summed E-state index contributed by atoms with van der Waals surface area (Å²) in [4.78, 5) is 20.5. The Morgan fingerprint density at radius 3 is 2.78 bits per heavy atom. The number of carbonyl (C=O) groups is 1. The van der Waals surface area contributed by atoms with E-state index in [0.29, 0.717) is 41.9 Å². The van der Waals surface area contributed by atoms with Crippen LogP contribution < -0.4 is 0 Å². The molecule has 2 fully saturated rings. The lowest BCUT2D eigenvalue weighted by molar-refractivity contribution is 0.00428. The Morgan fingerprint density at radius 2 is 2.03 bits per heavy atom. The normalized spacial score (nSPS) is 24.2. The van der Waals surface area contributed by atoms with Gasteiger partial charge in [-0.3, -0.25) is 14.8 Å². The lowest BCUT2D eigenvalue weighted by Gasteiger charge is -2.44. The van der Waals surface area contributed by atoms with Crippen molar-refractivity contribution in [3.05, 3.63) is 64.0 Å². The third-order valence-corrected chi connectivity index (χ3v) is 7.08. The number of benzene rings is 1. The Bertz CT molecular complexity index is 1080. The fourth-order valence-electron chi connectivity index (χ4n) is 5.25. The number of pyridine rings is 1. The van der Waals surface area contributed by atoms with Crippen LogP contribution in [0.2, 0.25) is 0 Å². The third-order valence-electron chi connectivity index (χ3n) is 7.08. The molecule has 5 rings (SSSR count). The number of rotatable bonds is 6. The number of nitriles is 1. The van der Waals surface area contributed by atoms with Crippen LogP contribution in [0, 0.1) is 24.2 Å². The molecule has 8 nitrogen and oxygen atoms in total. The first-order valence-corrected chi connectivity index (χ1v) is 10.9. The van der Waals surface area contributed by atoms with Gasteiger partial charge in [-0.1, -0.05) is 6.07 Å². The van der Waals surface area contributed by atoms with Crippen LogP contribution in [0.25, 0.3) is 0 Å². The van der Waals surface area contributed by atoms with Gasteiger partial charge in [0, 0.05) is 56.4 Å². The van der Waals surface area contributed by atoms with E-state index in [9.17, 15) is 15.0 Å². The van der Waals surface area contributed by atoms with Gasteiger partial charge in [0.05, 0.1) is 22.9 Å². The number of aliphatic hydroxyl groups excluding tert-OH is 2. The van der Waals surface area contributed by atoms with Gasteiger partial charge in [0.25, 0.3) is 0 Å². The Balaban J connectivity index is 1.18. The van der Waals surface area contributed by atoms with Crippen LogP contribution in [-0.4, -0.2) is 69.7 Å². The summed E-state index contributed by atoms with van der Waals surface area (Å²) in [6, 6.07) is 9.37. The van der Waals surface area contributed by atoms with Crippen molar-refractivity contribution < 1.29 is 19.7 Å². The van der Waals surface area contributed by atoms with Crippen LogP contribution >= 0.6 is 0 Å². The minimum Gasteiger partial charge on any atom is -0.457 e. The van der Waals surface area contributed by atoms with Crippen LogP contribution in [0.1, 0.15) is 50.5 Å². The van der Waals surface area contributed by atoms with Crippen LogP contribution in [-0.2, 0) is 11.3 Å². The fraction of sp³-hybridized carbons (Fsp3) is 0.458. The summed E-state index contributed by atoms with van der Waals surface area (Å²) in [5.41, 5.74) is 4.32. The zero-order chi connectivity index (χ0) is 22.4. The smallest absolute Gasteiger partial charge is 0.338 e. The number of β-amino-alcohol motifs (C(OH)–C–C–N with tert-alkyl or cyclic N) is 2. The standard InChI is InChI=1S/C24H26N4O4/c1-14-17(3-4-18-19(14)13-32-24(18)31)22(29)11-27-8-16-9-28(21(16)10-27)12-23(30)20-5-2-15(6-25)7-26-20/h2-5,7,16,21-23,29-30H,8-13H2,1H3. The molecule has 0 spiro atoms. The van der Waals surface area contributed by atoms with Crippen molar-refractivity contribution in [2.45, 2.75) is 31.8 Å². The molecule has 32 heavy (non-hydrogen) atoms. The molecule has 0 aliphatic carbocycles. The van der Waals surface area contributed by atoms with E-state index in [4.69, 9.17) is 10.00 Å². The maximum Gasteiger partial charge on any atom is 0.338 e. The number of nitrogens with zero attached hydrogens (tertiary/aromatic N) is 4. The molecule has 8 heteroatoms. The Kier molecular flexibility index (Phi) is 5.43. The highest BCUT2D eigenvalue weighted by molar-refractivity contribution is 5.93. The van der Waals surface area contributed by atoms with Gasteiger partial charge in [-0.05, 0) is 36.2 Å². The minimum atomic E-state index is -0.692. The molecule has 2 N–H and O–H groups in total. The SMILES string of the molecule is Cc1c(C(O)CN2CC3CN(CC(O)c4ccc(C#N)cn4)C3C2)ccc2c1COC2=O. The molecule has 4 unspecified atom stereocenters. The molecular weight excluding hydrogens is 408 g/mol. The van der Waals surface area contributed by atoms with Gasteiger partial charge in [0.1, 0.15) is 18.8 Å². The topological polar surface area (TPSA) is 110 Å². The maximum atomic E-state index is 11.8. The summed E-state index contributed by atoms with van der Waals surface area (Å²) in [5, 5.41) is 30.3. The highest BCUT2D eigenvalue weighted by atomic mass is 16.5.